The number of carbonyl (C=O) groups excluding carboxylic acids is 2. The predicted octanol–water partition coefficient (Wildman–Crippen LogP) is 6.36. The minimum absolute atomic E-state index is 0.0205. The van der Waals surface area contributed by atoms with Crippen molar-refractivity contribution in [2.75, 3.05) is 5.32 Å². The molecule has 0 atom stereocenters. The van der Waals surface area contributed by atoms with Crippen LogP contribution in [-0.4, -0.2) is 18.0 Å². The Bertz CT molecular complexity index is 1070. The quantitative estimate of drug-likeness (QED) is 0.284. The first kappa shape index (κ1) is 21.6. The number of nitrogens with one attached hydrogen (secondary N) is 1. The molecule has 162 valence electrons. The number of anilines is 1. The molecule has 0 aromatic heterocycles. The summed E-state index contributed by atoms with van der Waals surface area (Å²) in [6.45, 7) is 0. The van der Waals surface area contributed by atoms with Crippen LogP contribution >= 0.6 is 0 Å². The molecule has 3 aromatic carbocycles. The zero-order valence-electron chi connectivity index (χ0n) is 18.0. The normalized spacial score (nSPS) is 14.6. The third-order valence-electron chi connectivity index (χ3n) is 5.64. The maximum atomic E-state index is 13.1. The molecule has 4 nitrogen and oxygen atoms in total. The fourth-order valence-corrected chi connectivity index (χ4v) is 3.90. The molecule has 1 fully saturated rings. The number of benzene rings is 3. The van der Waals surface area contributed by atoms with Crippen LogP contribution in [0.15, 0.2) is 84.9 Å². The van der Waals surface area contributed by atoms with E-state index in [2.05, 4.69) is 5.32 Å². The van der Waals surface area contributed by atoms with Crippen molar-refractivity contribution >= 4 is 29.2 Å². The van der Waals surface area contributed by atoms with E-state index in [4.69, 9.17) is 4.74 Å². The van der Waals surface area contributed by atoms with Crippen LogP contribution in [0, 0.1) is 0 Å². The summed E-state index contributed by atoms with van der Waals surface area (Å²) in [6, 6.07) is 26.2. The summed E-state index contributed by atoms with van der Waals surface area (Å²) in [5.41, 5.74) is 3.47. The Morgan fingerprint density at radius 3 is 2.03 bits per heavy atom. The lowest BCUT2D eigenvalue weighted by molar-refractivity contribution is -0.111. The second-order valence-electron chi connectivity index (χ2n) is 8.03. The molecule has 4 rings (SSSR count). The molecule has 0 radical (unpaired) electrons. The van der Waals surface area contributed by atoms with Crippen LogP contribution in [0.3, 0.4) is 0 Å². The highest BCUT2D eigenvalue weighted by atomic mass is 16.5. The Kier molecular flexibility index (Phi) is 7.13. The van der Waals surface area contributed by atoms with Gasteiger partial charge in [0, 0.05) is 11.3 Å². The van der Waals surface area contributed by atoms with E-state index in [9.17, 15) is 9.59 Å². The van der Waals surface area contributed by atoms with Gasteiger partial charge in [-0.1, -0.05) is 67.1 Å². The highest BCUT2D eigenvalue weighted by Gasteiger charge is 2.19. The van der Waals surface area contributed by atoms with E-state index in [1.807, 2.05) is 66.7 Å². The maximum absolute atomic E-state index is 13.1. The Balaban J connectivity index is 1.47. The first-order valence-corrected chi connectivity index (χ1v) is 11.1. The van der Waals surface area contributed by atoms with E-state index in [1.54, 1.807) is 24.3 Å². The second-order valence-corrected chi connectivity index (χ2v) is 8.03. The van der Waals surface area contributed by atoms with Gasteiger partial charge in [-0.25, -0.2) is 4.79 Å². The number of carbonyl (C=O) groups is 2. The molecule has 1 aliphatic carbocycles. The molecule has 3 aromatic rings. The average molecular weight is 426 g/mol. The summed E-state index contributed by atoms with van der Waals surface area (Å²) in [6.07, 6.45) is 7.22. The lowest BCUT2D eigenvalue weighted by Gasteiger charge is -2.21. The zero-order chi connectivity index (χ0) is 22.2. The van der Waals surface area contributed by atoms with Gasteiger partial charge in [-0.2, -0.15) is 0 Å². The summed E-state index contributed by atoms with van der Waals surface area (Å²) in [5.74, 6) is -0.513. The van der Waals surface area contributed by atoms with Crippen LogP contribution < -0.4 is 5.32 Å². The van der Waals surface area contributed by atoms with Gasteiger partial charge in [-0.3, -0.25) is 4.79 Å². The van der Waals surface area contributed by atoms with E-state index in [1.165, 1.54) is 6.42 Å². The van der Waals surface area contributed by atoms with Crippen LogP contribution in [0.1, 0.15) is 53.6 Å². The van der Waals surface area contributed by atoms with Crippen molar-refractivity contribution in [3.8, 4) is 0 Å². The number of esters is 1. The molecule has 1 saturated carbocycles. The number of rotatable bonds is 6. The van der Waals surface area contributed by atoms with Crippen molar-refractivity contribution in [1.29, 1.82) is 0 Å². The summed E-state index contributed by atoms with van der Waals surface area (Å²) in [5, 5.41) is 2.95. The lowest BCUT2D eigenvalue weighted by Crippen LogP contribution is -2.21. The summed E-state index contributed by atoms with van der Waals surface area (Å²) >= 11 is 0. The molecule has 1 aliphatic rings. The molecule has 0 spiro atoms. The predicted molar refractivity (Wildman–Crippen MR) is 128 cm³/mol. The van der Waals surface area contributed by atoms with Gasteiger partial charge < -0.3 is 10.1 Å². The Labute approximate surface area is 188 Å². The molecule has 1 amide bonds. The molecule has 4 heteroatoms. The fourth-order valence-electron chi connectivity index (χ4n) is 3.90. The van der Waals surface area contributed by atoms with Gasteiger partial charge >= 0.3 is 5.97 Å². The average Bonchev–Trinajstić information content (AvgIpc) is 2.85. The monoisotopic (exact) mass is 425 g/mol. The van der Waals surface area contributed by atoms with E-state index in [0.717, 1.165) is 36.8 Å². The van der Waals surface area contributed by atoms with Crippen LogP contribution in [-0.2, 0) is 9.53 Å². The van der Waals surface area contributed by atoms with Gasteiger partial charge in [0.25, 0.3) is 5.91 Å². The standard InChI is InChI=1S/C28H27NO3/c30-27(26(22-12-6-2-7-13-22)20-21-10-4-1-5-11-21)29-24-18-16-23(17-19-24)28(31)32-25-14-8-3-9-15-25/h1-2,4-7,10-13,16-20,25H,3,8-9,14-15H2,(H,29,30)/b26-20+. The zero-order valence-corrected chi connectivity index (χ0v) is 18.0. The first-order chi connectivity index (χ1) is 15.7. The first-order valence-electron chi connectivity index (χ1n) is 11.1. The number of amides is 1. The molecule has 1 N–H and O–H groups in total. The second kappa shape index (κ2) is 10.6. The van der Waals surface area contributed by atoms with Crippen LogP contribution in [0.2, 0.25) is 0 Å². The smallest absolute Gasteiger partial charge is 0.338 e. The third kappa shape index (κ3) is 5.73. The van der Waals surface area contributed by atoms with Crippen LogP contribution in [0.25, 0.3) is 11.6 Å². The Morgan fingerprint density at radius 1 is 0.750 bits per heavy atom. The van der Waals surface area contributed by atoms with E-state index >= 15 is 0 Å². The number of ether oxygens (including phenoxy) is 1. The molecule has 0 saturated heterocycles. The molecule has 0 heterocycles. The van der Waals surface area contributed by atoms with Gasteiger partial charge in [0.05, 0.1) is 5.56 Å². The molecular formula is C28H27NO3. The Morgan fingerprint density at radius 2 is 1.38 bits per heavy atom. The van der Waals surface area contributed by atoms with Gasteiger partial charge in [-0.05, 0) is 67.2 Å². The minimum atomic E-state index is -0.302. The maximum Gasteiger partial charge on any atom is 0.338 e. The molecule has 32 heavy (non-hydrogen) atoms. The topological polar surface area (TPSA) is 55.4 Å². The van der Waals surface area contributed by atoms with Crippen molar-refractivity contribution in [1.82, 2.24) is 0 Å². The summed E-state index contributed by atoms with van der Waals surface area (Å²) < 4.78 is 5.63. The minimum Gasteiger partial charge on any atom is -0.459 e. The highest BCUT2D eigenvalue weighted by Crippen LogP contribution is 2.23. The SMILES string of the molecule is O=C(Nc1ccc(C(=O)OC2CCCCC2)cc1)/C(=C/c1ccccc1)c1ccccc1. The molecule has 0 unspecified atom stereocenters. The van der Waals surface area contributed by atoms with Gasteiger partial charge in [0.2, 0.25) is 0 Å². The lowest BCUT2D eigenvalue weighted by atomic mass is 9.98. The molecule has 0 bridgehead atoms. The van der Waals surface area contributed by atoms with Crippen molar-refractivity contribution in [2.24, 2.45) is 0 Å². The van der Waals surface area contributed by atoms with Crippen LogP contribution in [0.5, 0.6) is 0 Å². The number of hydrogen-bond acceptors (Lipinski definition) is 3. The summed E-state index contributed by atoms with van der Waals surface area (Å²) in [7, 11) is 0. The van der Waals surface area contributed by atoms with Crippen molar-refractivity contribution in [3.63, 3.8) is 0 Å². The third-order valence-corrected chi connectivity index (χ3v) is 5.64. The molecule has 0 aliphatic heterocycles. The van der Waals surface area contributed by atoms with Gasteiger partial charge in [0.15, 0.2) is 0 Å². The largest absolute Gasteiger partial charge is 0.459 e. The van der Waals surface area contributed by atoms with Crippen molar-refractivity contribution < 1.29 is 14.3 Å². The van der Waals surface area contributed by atoms with Crippen molar-refractivity contribution in [2.45, 2.75) is 38.2 Å². The van der Waals surface area contributed by atoms with Crippen molar-refractivity contribution in [3.05, 3.63) is 102 Å². The van der Waals surface area contributed by atoms with E-state index in [-0.39, 0.29) is 18.0 Å². The summed E-state index contributed by atoms with van der Waals surface area (Å²) in [4.78, 5) is 25.6. The number of hydrogen-bond donors (Lipinski definition) is 1. The van der Waals surface area contributed by atoms with Gasteiger partial charge in [0.1, 0.15) is 6.10 Å². The van der Waals surface area contributed by atoms with Crippen LogP contribution in [0.4, 0.5) is 5.69 Å². The Hall–Kier alpha value is -3.66. The molecular weight excluding hydrogens is 398 g/mol. The highest BCUT2D eigenvalue weighted by molar-refractivity contribution is 6.29. The fraction of sp³-hybridized carbons (Fsp3) is 0.214. The van der Waals surface area contributed by atoms with Gasteiger partial charge in [-0.15, -0.1) is 0 Å². The van der Waals surface area contributed by atoms with E-state index in [0.29, 0.717) is 16.8 Å². The van der Waals surface area contributed by atoms with E-state index < -0.39 is 0 Å².